The van der Waals surface area contributed by atoms with Gasteiger partial charge in [0.15, 0.2) is 0 Å². The number of carbonyl (C=O) groups is 3. The summed E-state index contributed by atoms with van der Waals surface area (Å²) in [6.45, 7) is 2.66. The predicted octanol–water partition coefficient (Wildman–Crippen LogP) is 1.30. The van der Waals surface area contributed by atoms with Gasteiger partial charge in [-0.2, -0.15) is 5.26 Å². The molecule has 0 bridgehead atoms. The molecule has 1 aromatic rings. The SMILES string of the molecule is CCOC(=O)C1CCCN(C(=O)C(=O)Nc2ccc(C#N)cc2)C1. The van der Waals surface area contributed by atoms with Crippen LogP contribution in [-0.2, 0) is 19.1 Å². The number of benzene rings is 1. The minimum atomic E-state index is -0.760. The summed E-state index contributed by atoms with van der Waals surface area (Å²) in [5.41, 5.74) is 0.902. The van der Waals surface area contributed by atoms with E-state index in [0.29, 0.717) is 37.2 Å². The van der Waals surface area contributed by atoms with Crippen LogP contribution in [0.5, 0.6) is 0 Å². The lowest BCUT2D eigenvalue weighted by Crippen LogP contribution is -2.47. The van der Waals surface area contributed by atoms with Crippen molar-refractivity contribution < 1.29 is 19.1 Å². The predicted molar refractivity (Wildman–Crippen MR) is 85.7 cm³/mol. The normalized spacial score (nSPS) is 16.8. The Bertz CT molecular complexity index is 663. The van der Waals surface area contributed by atoms with Gasteiger partial charge in [0.2, 0.25) is 0 Å². The second-order valence-corrected chi connectivity index (χ2v) is 5.49. The lowest BCUT2D eigenvalue weighted by molar-refractivity contribution is -0.153. The van der Waals surface area contributed by atoms with Gasteiger partial charge >= 0.3 is 17.8 Å². The molecule has 1 aromatic carbocycles. The van der Waals surface area contributed by atoms with Gasteiger partial charge in [0.05, 0.1) is 24.2 Å². The van der Waals surface area contributed by atoms with Gasteiger partial charge in [0, 0.05) is 18.8 Å². The van der Waals surface area contributed by atoms with Gasteiger partial charge in [-0.25, -0.2) is 0 Å². The van der Waals surface area contributed by atoms with E-state index in [-0.39, 0.29) is 18.4 Å². The van der Waals surface area contributed by atoms with Crippen molar-refractivity contribution in [3.8, 4) is 6.07 Å². The van der Waals surface area contributed by atoms with Crippen LogP contribution in [0.4, 0.5) is 5.69 Å². The summed E-state index contributed by atoms with van der Waals surface area (Å²) in [7, 11) is 0. The number of amides is 2. The molecule has 1 aliphatic heterocycles. The zero-order valence-electron chi connectivity index (χ0n) is 13.4. The van der Waals surface area contributed by atoms with Crippen molar-refractivity contribution in [2.45, 2.75) is 19.8 Å². The Morgan fingerprint density at radius 2 is 2.04 bits per heavy atom. The molecule has 1 aliphatic rings. The number of hydrogen-bond acceptors (Lipinski definition) is 5. The first-order valence-electron chi connectivity index (χ1n) is 7.82. The van der Waals surface area contributed by atoms with Crippen molar-refractivity contribution in [3.05, 3.63) is 29.8 Å². The van der Waals surface area contributed by atoms with Crippen LogP contribution in [0.1, 0.15) is 25.3 Å². The van der Waals surface area contributed by atoms with E-state index in [1.54, 1.807) is 31.2 Å². The van der Waals surface area contributed by atoms with Gasteiger partial charge in [-0.05, 0) is 44.0 Å². The number of nitrogens with zero attached hydrogens (tertiary/aromatic N) is 2. The second kappa shape index (κ2) is 8.11. The zero-order valence-corrected chi connectivity index (χ0v) is 13.4. The molecule has 2 rings (SSSR count). The van der Waals surface area contributed by atoms with Crippen molar-refractivity contribution in [2.75, 3.05) is 25.0 Å². The van der Waals surface area contributed by atoms with Gasteiger partial charge in [-0.15, -0.1) is 0 Å². The van der Waals surface area contributed by atoms with E-state index in [1.165, 1.54) is 4.90 Å². The maximum absolute atomic E-state index is 12.3. The number of esters is 1. The van der Waals surface area contributed by atoms with E-state index in [0.717, 1.165) is 0 Å². The molecule has 7 heteroatoms. The van der Waals surface area contributed by atoms with E-state index >= 15 is 0 Å². The number of anilines is 1. The fraction of sp³-hybridized carbons (Fsp3) is 0.412. The van der Waals surface area contributed by atoms with Crippen LogP contribution in [-0.4, -0.2) is 42.4 Å². The Kier molecular flexibility index (Phi) is 5.90. The maximum atomic E-state index is 12.3. The molecule has 2 amide bonds. The highest BCUT2D eigenvalue weighted by molar-refractivity contribution is 6.39. The van der Waals surface area contributed by atoms with Crippen LogP contribution >= 0.6 is 0 Å². The summed E-state index contributed by atoms with van der Waals surface area (Å²) in [5, 5.41) is 11.2. The first-order valence-corrected chi connectivity index (χ1v) is 7.82. The van der Waals surface area contributed by atoms with Crippen molar-refractivity contribution in [1.82, 2.24) is 4.90 Å². The van der Waals surface area contributed by atoms with Crippen LogP contribution in [0.15, 0.2) is 24.3 Å². The molecule has 0 spiro atoms. The molecule has 1 atom stereocenters. The van der Waals surface area contributed by atoms with Crippen molar-refractivity contribution in [3.63, 3.8) is 0 Å². The smallest absolute Gasteiger partial charge is 0.313 e. The minimum absolute atomic E-state index is 0.193. The summed E-state index contributed by atoms with van der Waals surface area (Å²) in [5.74, 6) is -2.15. The largest absolute Gasteiger partial charge is 0.466 e. The van der Waals surface area contributed by atoms with Gasteiger partial charge in [-0.1, -0.05) is 0 Å². The standard InChI is InChI=1S/C17H19N3O4/c1-2-24-17(23)13-4-3-9-20(11-13)16(22)15(21)19-14-7-5-12(10-18)6-8-14/h5-8,13H,2-4,9,11H2,1H3,(H,19,21). The zero-order chi connectivity index (χ0) is 17.5. The lowest BCUT2D eigenvalue weighted by Gasteiger charge is -2.30. The molecule has 0 aliphatic carbocycles. The van der Waals surface area contributed by atoms with Crippen LogP contribution in [0.3, 0.4) is 0 Å². The van der Waals surface area contributed by atoms with E-state index in [9.17, 15) is 14.4 Å². The van der Waals surface area contributed by atoms with Crippen LogP contribution < -0.4 is 5.32 Å². The third kappa shape index (κ3) is 4.32. The number of carbonyl (C=O) groups excluding carboxylic acids is 3. The Labute approximate surface area is 140 Å². The second-order valence-electron chi connectivity index (χ2n) is 5.49. The molecule has 0 radical (unpaired) electrons. The molecule has 0 aromatic heterocycles. The average molecular weight is 329 g/mol. The maximum Gasteiger partial charge on any atom is 0.313 e. The van der Waals surface area contributed by atoms with Crippen LogP contribution in [0.2, 0.25) is 0 Å². The molecule has 126 valence electrons. The van der Waals surface area contributed by atoms with Gasteiger partial charge in [0.25, 0.3) is 0 Å². The van der Waals surface area contributed by atoms with E-state index in [1.807, 2.05) is 6.07 Å². The molecule has 7 nitrogen and oxygen atoms in total. The quantitative estimate of drug-likeness (QED) is 0.665. The first kappa shape index (κ1) is 17.5. The number of nitrogens with one attached hydrogen (secondary N) is 1. The number of nitriles is 1. The first-order chi connectivity index (χ1) is 11.5. The Morgan fingerprint density at radius 1 is 1.33 bits per heavy atom. The van der Waals surface area contributed by atoms with E-state index < -0.39 is 11.8 Å². The highest BCUT2D eigenvalue weighted by Crippen LogP contribution is 2.18. The van der Waals surface area contributed by atoms with E-state index in [4.69, 9.17) is 10.00 Å². The molecule has 1 saturated heterocycles. The van der Waals surface area contributed by atoms with E-state index in [2.05, 4.69) is 5.32 Å². The van der Waals surface area contributed by atoms with Crippen LogP contribution in [0, 0.1) is 17.2 Å². The molecule has 1 unspecified atom stereocenters. The Morgan fingerprint density at radius 3 is 2.67 bits per heavy atom. The summed E-state index contributed by atoms with van der Waals surface area (Å²) in [6, 6.07) is 8.20. The molecule has 0 saturated carbocycles. The topological polar surface area (TPSA) is 99.5 Å². The van der Waals surface area contributed by atoms with Crippen molar-refractivity contribution in [2.24, 2.45) is 5.92 Å². The van der Waals surface area contributed by atoms with Gasteiger partial charge in [-0.3, -0.25) is 14.4 Å². The summed E-state index contributed by atoms with van der Waals surface area (Å²) in [4.78, 5) is 37.5. The Hall–Kier alpha value is -2.88. The third-order valence-corrected chi connectivity index (χ3v) is 3.79. The van der Waals surface area contributed by atoms with Crippen molar-refractivity contribution in [1.29, 1.82) is 5.26 Å². The molecule has 24 heavy (non-hydrogen) atoms. The van der Waals surface area contributed by atoms with Crippen molar-refractivity contribution >= 4 is 23.5 Å². The average Bonchev–Trinajstić information content (AvgIpc) is 2.62. The van der Waals surface area contributed by atoms with Gasteiger partial charge in [0.1, 0.15) is 0 Å². The molecular formula is C17H19N3O4. The molecular weight excluding hydrogens is 310 g/mol. The lowest BCUT2D eigenvalue weighted by atomic mass is 9.98. The minimum Gasteiger partial charge on any atom is -0.466 e. The molecule has 1 heterocycles. The third-order valence-electron chi connectivity index (χ3n) is 3.79. The number of rotatable bonds is 3. The Balaban J connectivity index is 1.95. The fourth-order valence-electron chi connectivity index (χ4n) is 2.57. The summed E-state index contributed by atoms with van der Waals surface area (Å²) >= 11 is 0. The summed E-state index contributed by atoms with van der Waals surface area (Å²) in [6.07, 6.45) is 1.30. The molecule has 1 fully saturated rings. The number of hydrogen-bond donors (Lipinski definition) is 1. The monoisotopic (exact) mass is 329 g/mol. The number of piperidine rings is 1. The molecule has 1 N–H and O–H groups in total. The number of ether oxygens (including phenoxy) is 1. The number of likely N-dealkylation sites (tertiary alicyclic amines) is 1. The van der Waals surface area contributed by atoms with Crippen LogP contribution in [0.25, 0.3) is 0 Å². The fourth-order valence-corrected chi connectivity index (χ4v) is 2.57. The van der Waals surface area contributed by atoms with Gasteiger partial charge < -0.3 is 15.0 Å². The summed E-state index contributed by atoms with van der Waals surface area (Å²) < 4.78 is 4.98. The highest BCUT2D eigenvalue weighted by atomic mass is 16.5. The highest BCUT2D eigenvalue weighted by Gasteiger charge is 2.31.